The number of amides is 4. The number of rotatable bonds is 15. The normalized spacial score (nSPS) is 12.7. The van der Waals surface area contributed by atoms with E-state index < -0.39 is 52.7 Å². The third-order valence-corrected chi connectivity index (χ3v) is 10.8. The van der Waals surface area contributed by atoms with Crippen molar-refractivity contribution in [3.8, 4) is 0 Å². The van der Waals surface area contributed by atoms with E-state index in [4.69, 9.17) is 81.2 Å². The fourth-order valence-corrected chi connectivity index (χ4v) is 6.84. The van der Waals surface area contributed by atoms with Crippen LogP contribution in [0.15, 0.2) is 111 Å². The molecule has 4 N–H and O–H groups in total. The Morgan fingerprint density at radius 1 is 0.524 bits per heavy atom. The fourth-order valence-electron chi connectivity index (χ4n) is 5.48. The molecule has 5 aromatic rings. The summed E-state index contributed by atoms with van der Waals surface area (Å²) in [5.74, 6) is -4.38. The predicted octanol–water partition coefficient (Wildman–Crippen LogP) is 12.8. The summed E-state index contributed by atoms with van der Waals surface area (Å²) in [6, 6.07) is 18.7. The Balaban J connectivity index is 1.29. The van der Waals surface area contributed by atoms with Crippen molar-refractivity contribution in [2.24, 2.45) is 20.5 Å². The second-order valence-electron chi connectivity index (χ2n) is 13.3. The summed E-state index contributed by atoms with van der Waals surface area (Å²) >= 11 is 43.9. The second-order valence-corrected chi connectivity index (χ2v) is 16.4. The number of carbonyl (C=O) groups is 6. The Morgan fingerprint density at radius 3 is 1.40 bits per heavy atom. The van der Waals surface area contributed by atoms with Crippen molar-refractivity contribution >= 4 is 151 Å². The highest BCUT2D eigenvalue weighted by Gasteiger charge is 2.27. The van der Waals surface area contributed by atoms with Crippen LogP contribution in [0.2, 0.25) is 30.1 Å². The molecule has 0 aliphatic heterocycles. The lowest BCUT2D eigenvalue weighted by Crippen LogP contribution is -2.32. The van der Waals surface area contributed by atoms with Crippen LogP contribution in [0.5, 0.6) is 0 Å². The average molecular weight is 992 g/mol. The number of halogens is 7. The maximum absolute atomic E-state index is 13.5. The fraction of sp³-hybridized carbons (Fsp3) is 0.143. The minimum absolute atomic E-state index is 0.00144. The van der Waals surface area contributed by atoms with Gasteiger partial charge in [0.05, 0.1) is 48.0 Å². The van der Waals surface area contributed by atoms with Crippen LogP contribution in [0.25, 0.3) is 0 Å². The average Bonchev–Trinajstić information content (AvgIpc) is 3.22. The Hall–Kier alpha value is -5.45. The van der Waals surface area contributed by atoms with E-state index in [0.717, 1.165) is 13.8 Å². The number of alkyl halides is 1. The molecular weight excluding hydrogens is 961 g/mol. The Bertz CT molecular complexity index is 2710. The van der Waals surface area contributed by atoms with Crippen LogP contribution in [0.3, 0.4) is 0 Å². The lowest BCUT2D eigenvalue weighted by Gasteiger charge is -2.17. The van der Waals surface area contributed by atoms with Gasteiger partial charge in [-0.05, 0) is 105 Å². The molecule has 0 aliphatic carbocycles. The molecular formula is C42H31Cl7N8O6. The van der Waals surface area contributed by atoms with Gasteiger partial charge in [0.25, 0.3) is 23.6 Å². The predicted molar refractivity (Wildman–Crippen MR) is 248 cm³/mol. The number of azo groups is 2. The molecule has 0 bridgehead atoms. The largest absolute Gasteiger partial charge is 0.324 e. The summed E-state index contributed by atoms with van der Waals surface area (Å²) in [6.07, 6.45) is 0. The molecule has 3 atom stereocenters. The van der Waals surface area contributed by atoms with E-state index in [-0.39, 0.29) is 65.3 Å². The first-order valence-corrected chi connectivity index (χ1v) is 20.9. The number of ketones is 2. The number of nitrogens with zero attached hydrogens (tertiary/aromatic N) is 4. The van der Waals surface area contributed by atoms with E-state index in [1.807, 2.05) is 0 Å². The molecule has 14 nitrogen and oxygen atoms in total. The van der Waals surface area contributed by atoms with Gasteiger partial charge in [0.1, 0.15) is 11.4 Å². The molecule has 5 aromatic carbocycles. The van der Waals surface area contributed by atoms with Gasteiger partial charge in [-0.2, -0.15) is 20.5 Å². The van der Waals surface area contributed by atoms with E-state index >= 15 is 0 Å². The van der Waals surface area contributed by atoms with Gasteiger partial charge in [0, 0.05) is 21.4 Å². The number of benzene rings is 5. The molecule has 0 fully saturated rings. The maximum atomic E-state index is 13.5. The molecule has 0 saturated heterocycles. The van der Waals surface area contributed by atoms with Crippen LogP contribution in [0.4, 0.5) is 34.1 Å². The Morgan fingerprint density at radius 2 is 0.968 bits per heavy atom. The first-order chi connectivity index (χ1) is 29.8. The minimum Gasteiger partial charge on any atom is -0.324 e. The lowest BCUT2D eigenvalue weighted by atomic mass is 10.1. The highest BCUT2D eigenvalue weighted by Crippen LogP contribution is 2.35. The second kappa shape index (κ2) is 21.8. The molecule has 0 aliphatic rings. The molecule has 0 aromatic heterocycles. The maximum Gasteiger partial charge on any atom is 0.258 e. The molecule has 0 saturated carbocycles. The molecule has 0 radical (unpaired) electrons. The van der Waals surface area contributed by atoms with Crippen LogP contribution in [0.1, 0.15) is 52.4 Å². The van der Waals surface area contributed by atoms with Crippen LogP contribution in [0, 0.1) is 0 Å². The van der Waals surface area contributed by atoms with Gasteiger partial charge in [-0.15, -0.1) is 11.6 Å². The number of anilines is 4. The lowest BCUT2D eigenvalue weighted by molar-refractivity contribution is -0.127. The molecule has 3 unspecified atom stereocenters. The molecule has 21 heteroatoms. The third-order valence-electron chi connectivity index (χ3n) is 8.63. The summed E-state index contributed by atoms with van der Waals surface area (Å²) in [4.78, 5) is 78.2. The number of hydrogen-bond donors (Lipinski definition) is 4. The van der Waals surface area contributed by atoms with Crippen molar-refractivity contribution in [1.82, 2.24) is 0 Å². The number of Topliss-reactive ketones (excluding diaryl/α,β-unsaturated/α-hetero) is 2. The minimum atomic E-state index is -1.66. The van der Waals surface area contributed by atoms with E-state index in [1.165, 1.54) is 78.9 Å². The zero-order chi connectivity index (χ0) is 46.1. The monoisotopic (exact) mass is 988 g/mol. The van der Waals surface area contributed by atoms with Gasteiger partial charge in [-0.25, -0.2) is 0 Å². The van der Waals surface area contributed by atoms with Gasteiger partial charge >= 0.3 is 0 Å². The highest BCUT2D eigenvalue weighted by molar-refractivity contribution is 6.39. The van der Waals surface area contributed by atoms with E-state index in [9.17, 15) is 28.8 Å². The molecule has 324 valence electrons. The van der Waals surface area contributed by atoms with E-state index in [2.05, 4.69) is 41.7 Å². The summed E-state index contributed by atoms with van der Waals surface area (Å²) in [6.45, 7) is 3.87. The highest BCUT2D eigenvalue weighted by atomic mass is 35.5. The number of hydrogen-bond acceptors (Lipinski definition) is 10. The smallest absolute Gasteiger partial charge is 0.258 e. The van der Waals surface area contributed by atoms with Crippen molar-refractivity contribution in [3.05, 3.63) is 138 Å². The van der Waals surface area contributed by atoms with Gasteiger partial charge < -0.3 is 21.3 Å². The van der Waals surface area contributed by atoms with Crippen molar-refractivity contribution in [1.29, 1.82) is 0 Å². The molecule has 4 amide bonds. The van der Waals surface area contributed by atoms with Gasteiger partial charge in [0.15, 0.2) is 11.6 Å². The summed E-state index contributed by atoms with van der Waals surface area (Å²) < 4.78 is 0. The van der Waals surface area contributed by atoms with Crippen LogP contribution < -0.4 is 21.3 Å². The quantitative estimate of drug-likeness (QED) is 0.0457. The van der Waals surface area contributed by atoms with Crippen molar-refractivity contribution in [2.75, 3.05) is 21.3 Å². The Kier molecular flexibility index (Phi) is 16.8. The summed E-state index contributed by atoms with van der Waals surface area (Å²) in [5, 5.41) is 26.5. The van der Waals surface area contributed by atoms with Gasteiger partial charge in [-0.3, -0.25) is 28.8 Å². The van der Waals surface area contributed by atoms with Crippen LogP contribution in [-0.2, 0) is 19.2 Å². The molecule has 63 heavy (non-hydrogen) atoms. The standard InChI is InChI=1S/C42H31Cl7N8O6/c1-19(43)27-18-24(50-41(62)37(20(2)58)56-54-31-8-4-6-25(35(31)48)39(60)52-33-16-22(44)10-13-28(33)46)12-15-30(27)51-42(63)38(21(3)59)57-55-32-9-5-7-26(36(32)49)40(61)53-34-17-23(45)11-14-29(34)47/h4-19,37-38H,1-3H3,(H,50,62)(H,51,63)(H,52,60)(H,53,61). The van der Waals surface area contributed by atoms with Crippen LogP contribution in [-0.4, -0.2) is 47.3 Å². The topological polar surface area (TPSA) is 200 Å². The first-order valence-electron chi connectivity index (χ1n) is 18.2. The zero-order valence-electron chi connectivity index (χ0n) is 32.8. The molecule has 0 heterocycles. The number of carbonyl (C=O) groups excluding carboxylic acids is 6. The zero-order valence-corrected chi connectivity index (χ0v) is 38.1. The molecule has 5 rings (SSSR count). The van der Waals surface area contributed by atoms with Crippen molar-refractivity contribution in [3.63, 3.8) is 0 Å². The van der Waals surface area contributed by atoms with Crippen molar-refractivity contribution in [2.45, 2.75) is 38.2 Å². The third kappa shape index (κ3) is 12.6. The van der Waals surface area contributed by atoms with E-state index in [1.54, 1.807) is 19.1 Å². The van der Waals surface area contributed by atoms with Gasteiger partial charge in [0.2, 0.25) is 12.1 Å². The summed E-state index contributed by atoms with van der Waals surface area (Å²) in [5.41, 5.74) is 1.09. The molecule has 0 spiro atoms. The van der Waals surface area contributed by atoms with Crippen molar-refractivity contribution < 1.29 is 28.8 Å². The van der Waals surface area contributed by atoms with E-state index in [0.29, 0.717) is 15.6 Å². The van der Waals surface area contributed by atoms with Gasteiger partial charge in [-0.1, -0.05) is 81.7 Å². The van der Waals surface area contributed by atoms with Crippen LogP contribution >= 0.6 is 81.2 Å². The first kappa shape index (κ1) is 48.6. The SMILES string of the molecule is CC(=O)C(N=Nc1cccc(C(=O)Nc2cc(Cl)ccc2Cl)c1Cl)C(=O)Nc1ccc(NC(=O)C(N=Nc2cccc(C(=O)Nc3cc(Cl)ccc3Cl)c2Cl)C(C)=O)c(C(C)Cl)c1. The Labute approximate surface area is 394 Å². The number of nitrogens with one attached hydrogen (secondary N) is 4. The summed E-state index contributed by atoms with van der Waals surface area (Å²) in [7, 11) is 0.